The number of H-pyrrole nitrogens is 1. The summed E-state index contributed by atoms with van der Waals surface area (Å²) < 4.78 is 1.55. The summed E-state index contributed by atoms with van der Waals surface area (Å²) in [6.07, 6.45) is 5.26. The van der Waals surface area contributed by atoms with Crippen molar-refractivity contribution in [2.24, 2.45) is 0 Å². The summed E-state index contributed by atoms with van der Waals surface area (Å²) >= 11 is 0. The molecule has 4 aromatic rings. The lowest BCUT2D eigenvalue weighted by Crippen LogP contribution is -2.25. The third-order valence-electron chi connectivity index (χ3n) is 5.26. The van der Waals surface area contributed by atoms with Gasteiger partial charge in [-0.1, -0.05) is 18.2 Å². The van der Waals surface area contributed by atoms with Crippen LogP contribution in [0.3, 0.4) is 0 Å². The third-order valence-corrected chi connectivity index (χ3v) is 5.26. The van der Waals surface area contributed by atoms with Gasteiger partial charge in [0, 0.05) is 17.2 Å². The van der Waals surface area contributed by atoms with Crippen molar-refractivity contribution in [1.82, 2.24) is 25.1 Å². The van der Waals surface area contributed by atoms with E-state index in [9.17, 15) is 9.59 Å². The van der Waals surface area contributed by atoms with Crippen molar-refractivity contribution in [3.63, 3.8) is 0 Å². The van der Waals surface area contributed by atoms with E-state index in [1.165, 1.54) is 6.33 Å². The van der Waals surface area contributed by atoms with Gasteiger partial charge in [0.05, 0.1) is 30.0 Å². The Morgan fingerprint density at radius 1 is 1.23 bits per heavy atom. The van der Waals surface area contributed by atoms with E-state index in [4.69, 9.17) is 5.73 Å². The van der Waals surface area contributed by atoms with Gasteiger partial charge in [0.1, 0.15) is 5.82 Å². The molecule has 0 radical (unpaired) electrons. The number of aromatic amines is 1. The molecule has 1 fully saturated rings. The molecule has 0 atom stereocenters. The molecule has 0 unspecified atom stereocenters. The highest BCUT2D eigenvalue weighted by Gasteiger charge is 2.23. The highest BCUT2D eigenvalue weighted by atomic mass is 16.1. The van der Waals surface area contributed by atoms with Gasteiger partial charge in [-0.2, -0.15) is 5.10 Å². The molecule has 0 spiro atoms. The number of hydrogen-bond acceptors (Lipinski definition) is 5. The maximum absolute atomic E-state index is 13.0. The van der Waals surface area contributed by atoms with Crippen molar-refractivity contribution in [1.29, 1.82) is 0 Å². The molecule has 1 amide bonds. The second kappa shape index (κ2) is 7.14. The smallest absolute Gasteiger partial charge is 0.261 e. The first kappa shape index (κ1) is 18.1. The van der Waals surface area contributed by atoms with Crippen LogP contribution in [0.1, 0.15) is 28.8 Å². The minimum Gasteiger partial charge on any atom is -0.384 e. The SMILES string of the molecule is Nc1[nH]ncc1-c1ccc2c(=O)n(Cc3cccc(C(=O)NC4CC4)c3)cnc2c1. The highest BCUT2D eigenvalue weighted by Crippen LogP contribution is 2.25. The van der Waals surface area contributed by atoms with Crippen molar-refractivity contribution in [2.45, 2.75) is 25.4 Å². The Kier molecular flexibility index (Phi) is 4.31. The normalized spacial score (nSPS) is 13.5. The van der Waals surface area contributed by atoms with Gasteiger partial charge in [-0.25, -0.2) is 4.98 Å². The van der Waals surface area contributed by atoms with Gasteiger partial charge in [-0.05, 0) is 48.2 Å². The summed E-state index contributed by atoms with van der Waals surface area (Å²) in [7, 11) is 0. The minimum absolute atomic E-state index is 0.0746. The quantitative estimate of drug-likeness (QED) is 0.475. The molecule has 2 aromatic heterocycles. The van der Waals surface area contributed by atoms with Gasteiger partial charge in [-0.3, -0.25) is 19.3 Å². The molecule has 5 rings (SSSR count). The molecule has 1 saturated carbocycles. The molecule has 2 heterocycles. The summed E-state index contributed by atoms with van der Waals surface area (Å²) in [6, 6.07) is 13.0. The Morgan fingerprint density at radius 2 is 2.10 bits per heavy atom. The molecule has 8 heteroatoms. The number of carbonyl (C=O) groups is 1. The minimum atomic E-state index is -0.139. The number of amides is 1. The average molecular weight is 400 g/mol. The number of rotatable bonds is 5. The molecule has 1 aliphatic rings. The van der Waals surface area contributed by atoms with Crippen LogP contribution in [0.15, 0.2) is 59.8 Å². The topological polar surface area (TPSA) is 119 Å². The molecule has 0 aliphatic heterocycles. The Balaban J connectivity index is 1.44. The van der Waals surface area contributed by atoms with Gasteiger partial charge in [0.15, 0.2) is 0 Å². The lowest BCUT2D eigenvalue weighted by molar-refractivity contribution is 0.0951. The standard InChI is InChI=1S/C22H20N6O2/c23-20-18(10-25-27-20)14-4-7-17-19(9-14)24-12-28(22(17)30)11-13-2-1-3-15(8-13)21(29)26-16-5-6-16/h1-4,7-10,12,16H,5-6,11H2,(H,26,29)(H3,23,25,27). The van der Waals surface area contributed by atoms with Gasteiger partial charge in [0.2, 0.25) is 0 Å². The molecule has 4 N–H and O–H groups in total. The number of nitrogens with two attached hydrogens (primary N) is 1. The third kappa shape index (κ3) is 3.43. The van der Waals surface area contributed by atoms with Crippen molar-refractivity contribution in [3.8, 4) is 11.1 Å². The zero-order chi connectivity index (χ0) is 20.7. The Hall–Kier alpha value is -3.94. The lowest BCUT2D eigenvalue weighted by atomic mass is 10.1. The van der Waals surface area contributed by atoms with Crippen molar-refractivity contribution >= 4 is 22.6 Å². The molecule has 2 aromatic carbocycles. The van der Waals surface area contributed by atoms with Gasteiger partial charge in [0.25, 0.3) is 11.5 Å². The monoisotopic (exact) mass is 400 g/mol. The largest absolute Gasteiger partial charge is 0.384 e. The number of anilines is 1. The van der Waals surface area contributed by atoms with Gasteiger partial charge >= 0.3 is 0 Å². The summed E-state index contributed by atoms with van der Waals surface area (Å²) in [6.45, 7) is 0.336. The number of aromatic nitrogens is 4. The van der Waals surface area contributed by atoms with Crippen LogP contribution >= 0.6 is 0 Å². The maximum Gasteiger partial charge on any atom is 0.261 e. The fourth-order valence-corrected chi connectivity index (χ4v) is 3.47. The van der Waals surface area contributed by atoms with Crippen LogP contribution in [0.4, 0.5) is 5.82 Å². The van der Waals surface area contributed by atoms with Gasteiger partial charge < -0.3 is 11.1 Å². The number of carbonyl (C=O) groups excluding carboxylic acids is 1. The van der Waals surface area contributed by atoms with E-state index in [2.05, 4.69) is 20.5 Å². The van der Waals surface area contributed by atoms with E-state index in [0.29, 0.717) is 34.9 Å². The molecule has 30 heavy (non-hydrogen) atoms. The van der Waals surface area contributed by atoms with E-state index >= 15 is 0 Å². The summed E-state index contributed by atoms with van der Waals surface area (Å²) in [5.41, 5.74) is 9.41. The zero-order valence-electron chi connectivity index (χ0n) is 16.1. The fraction of sp³-hybridized carbons (Fsp3) is 0.182. The maximum atomic E-state index is 13.0. The first-order chi connectivity index (χ1) is 14.6. The second-order valence-electron chi connectivity index (χ2n) is 7.56. The number of nitrogens with one attached hydrogen (secondary N) is 2. The van der Waals surface area contributed by atoms with E-state index in [0.717, 1.165) is 29.5 Å². The van der Waals surface area contributed by atoms with Crippen LogP contribution in [0.2, 0.25) is 0 Å². The first-order valence-corrected chi connectivity index (χ1v) is 9.77. The summed E-state index contributed by atoms with van der Waals surface area (Å²) in [4.78, 5) is 29.7. The van der Waals surface area contributed by atoms with E-state index < -0.39 is 0 Å². The van der Waals surface area contributed by atoms with Crippen molar-refractivity contribution in [3.05, 3.63) is 76.5 Å². The second-order valence-corrected chi connectivity index (χ2v) is 7.56. The van der Waals surface area contributed by atoms with E-state index in [1.807, 2.05) is 30.3 Å². The average Bonchev–Trinajstić information content (AvgIpc) is 3.47. The molecular formula is C22H20N6O2. The van der Waals surface area contributed by atoms with Crippen LogP contribution in [0.5, 0.6) is 0 Å². The number of fused-ring (bicyclic) bond motifs is 1. The van der Waals surface area contributed by atoms with Crippen LogP contribution in [-0.2, 0) is 6.54 Å². The predicted octanol–water partition coefficient (Wildman–Crippen LogP) is 2.31. The van der Waals surface area contributed by atoms with Crippen LogP contribution in [0.25, 0.3) is 22.0 Å². The van der Waals surface area contributed by atoms with Crippen LogP contribution < -0.4 is 16.6 Å². The molecule has 0 bridgehead atoms. The Labute approximate surface area is 171 Å². The highest BCUT2D eigenvalue weighted by molar-refractivity contribution is 5.94. The van der Waals surface area contributed by atoms with E-state index in [1.54, 1.807) is 22.9 Å². The first-order valence-electron chi connectivity index (χ1n) is 9.77. The van der Waals surface area contributed by atoms with Crippen molar-refractivity contribution < 1.29 is 4.79 Å². The molecular weight excluding hydrogens is 380 g/mol. The fourth-order valence-electron chi connectivity index (χ4n) is 3.47. The van der Waals surface area contributed by atoms with Crippen molar-refractivity contribution in [2.75, 3.05) is 5.73 Å². The number of nitrogens with zero attached hydrogens (tertiary/aromatic N) is 3. The number of hydrogen-bond donors (Lipinski definition) is 3. The van der Waals surface area contributed by atoms with Gasteiger partial charge in [-0.15, -0.1) is 0 Å². The molecule has 0 saturated heterocycles. The molecule has 150 valence electrons. The summed E-state index contributed by atoms with van der Waals surface area (Å²) in [5.74, 6) is 0.391. The Morgan fingerprint density at radius 3 is 2.87 bits per heavy atom. The van der Waals surface area contributed by atoms with Crippen LogP contribution in [-0.4, -0.2) is 31.7 Å². The Bertz CT molecular complexity index is 1320. The van der Waals surface area contributed by atoms with E-state index in [-0.39, 0.29) is 11.5 Å². The van der Waals surface area contributed by atoms with Crippen LogP contribution in [0, 0.1) is 0 Å². The molecule has 1 aliphatic carbocycles. The zero-order valence-corrected chi connectivity index (χ0v) is 16.1. The summed E-state index contributed by atoms with van der Waals surface area (Å²) in [5, 5.41) is 10.1. The molecule has 8 nitrogen and oxygen atoms in total. The number of benzene rings is 2. The predicted molar refractivity (Wildman–Crippen MR) is 114 cm³/mol. The lowest BCUT2D eigenvalue weighted by Gasteiger charge is -2.09. The number of nitrogen functional groups attached to an aromatic ring is 1.